The number of aryl methyl sites for hydroxylation is 1. The van der Waals surface area contributed by atoms with E-state index in [9.17, 15) is 9.59 Å². The van der Waals surface area contributed by atoms with E-state index in [0.717, 1.165) is 5.56 Å². The van der Waals surface area contributed by atoms with Crippen LogP contribution in [-0.4, -0.2) is 33.4 Å². The number of aromatic nitrogens is 3. The summed E-state index contributed by atoms with van der Waals surface area (Å²) in [7, 11) is 0. The highest BCUT2D eigenvalue weighted by atomic mass is 35.5. The molecular weight excluding hydrogens is 380 g/mol. The highest BCUT2D eigenvalue weighted by molar-refractivity contribution is 6.33. The van der Waals surface area contributed by atoms with E-state index in [-0.39, 0.29) is 12.5 Å². The second kappa shape index (κ2) is 8.58. The fourth-order valence-corrected chi connectivity index (χ4v) is 2.72. The molecule has 0 fully saturated rings. The molecule has 2 heterocycles. The zero-order valence-corrected chi connectivity index (χ0v) is 16.0. The number of halogens is 1. The molecule has 0 radical (unpaired) electrons. The molecule has 7 nitrogen and oxygen atoms in total. The summed E-state index contributed by atoms with van der Waals surface area (Å²) in [5.74, 6) is -0.447. The Morgan fingerprint density at radius 3 is 2.64 bits per heavy atom. The monoisotopic (exact) mass is 396 g/mol. The maximum absolute atomic E-state index is 12.3. The smallest absolute Gasteiger partial charge is 0.338 e. The number of nitrogens with one attached hydrogen (secondary N) is 1. The molecule has 3 aromatic rings. The van der Waals surface area contributed by atoms with Gasteiger partial charge in [0, 0.05) is 23.5 Å². The van der Waals surface area contributed by atoms with E-state index in [0.29, 0.717) is 33.2 Å². The number of anilines is 1. The number of carbonyl (C=O) groups excluding carboxylic acids is 2. The lowest BCUT2D eigenvalue weighted by Gasteiger charge is -2.09. The molecule has 0 aliphatic heterocycles. The predicted octanol–water partition coefficient (Wildman–Crippen LogP) is 3.93. The van der Waals surface area contributed by atoms with Gasteiger partial charge in [-0.25, -0.2) is 9.78 Å². The molecule has 2 aromatic heterocycles. The van der Waals surface area contributed by atoms with E-state index in [1.165, 1.54) is 12.4 Å². The number of nitrogens with zero attached hydrogens (tertiary/aromatic N) is 3. The number of esters is 1. The van der Waals surface area contributed by atoms with E-state index in [4.69, 9.17) is 16.3 Å². The van der Waals surface area contributed by atoms with Crippen LogP contribution in [0.4, 0.5) is 5.82 Å². The lowest BCUT2D eigenvalue weighted by atomic mass is 10.1. The summed E-state index contributed by atoms with van der Waals surface area (Å²) < 4.78 is 5.00. The summed E-state index contributed by atoms with van der Waals surface area (Å²) in [4.78, 5) is 36.8. The average Bonchev–Trinajstić information content (AvgIpc) is 2.69. The lowest BCUT2D eigenvalue weighted by molar-refractivity contribution is 0.0526. The second-order valence-electron chi connectivity index (χ2n) is 5.85. The van der Waals surface area contributed by atoms with Crippen molar-refractivity contribution in [3.8, 4) is 11.3 Å². The standard InChI is InChI=1S/C20H17ClN4O3/c1-3-28-20(27)13-4-5-16(21)15(8-13)17-10-24-18(11-23-17)25-19(26)14-6-7-22-9-12(14)2/h4-11H,3H2,1-2H3,(H,24,25,26). The minimum absolute atomic E-state index is 0.280. The van der Waals surface area contributed by atoms with Gasteiger partial charge < -0.3 is 10.1 Å². The third-order valence-corrected chi connectivity index (χ3v) is 4.24. The molecule has 0 aliphatic rings. The minimum Gasteiger partial charge on any atom is -0.462 e. The second-order valence-corrected chi connectivity index (χ2v) is 6.25. The summed E-state index contributed by atoms with van der Waals surface area (Å²) in [6.07, 6.45) is 6.07. The van der Waals surface area contributed by atoms with E-state index in [2.05, 4.69) is 20.3 Å². The van der Waals surface area contributed by atoms with Crippen LogP contribution in [0, 0.1) is 6.92 Å². The Balaban J connectivity index is 1.81. The molecule has 0 saturated heterocycles. The normalized spacial score (nSPS) is 10.4. The van der Waals surface area contributed by atoms with E-state index >= 15 is 0 Å². The van der Waals surface area contributed by atoms with Gasteiger partial charge >= 0.3 is 5.97 Å². The first-order valence-corrected chi connectivity index (χ1v) is 8.88. The Labute approximate surface area is 166 Å². The summed E-state index contributed by atoms with van der Waals surface area (Å²) in [5.41, 5.74) is 2.64. The first kappa shape index (κ1) is 19.4. The number of hydrogen-bond acceptors (Lipinski definition) is 6. The van der Waals surface area contributed by atoms with Crippen molar-refractivity contribution in [2.24, 2.45) is 0 Å². The number of hydrogen-bond donors (Lipinski definition) is 1. The maximum Gasteiger partial charge on any atom is 0.338 e. The minimum atomic E-state index is -0.440. The van der Waals surface area contributed by atoms with Gasteiger partial charge in [0.15, 0.2) is 5.82 Å². The number of pyridine rings is 1. The van der Waals surface area contributed by atoms with Crippen molar-refractivity contribution in [3.63, 3.8) is 0 Å². The summed E-state index contributed by atoms with van der Waals surface area (Å²) in [5, 5.41) is 3.11. The van der Waals surface area contributed by atoms with E-state index < -0.39 is 5.97 Å². The molecule has 0 bridgehead atoms. The van der Waals surface area contributed by atoms with E-state index in [1.54, 1.807) is 50.5 Å². The predicted molar refractivity (Wildman–Crippen MR) is 105 cm³/mol. The Bertz CT molecular complexity index is 1020. The number of ether oxygens (including phenoxy) is 1. The van der Waals surface area contributed by atoms with Gasteiger partial charge in [0.05, 0.1) is 35.3 Å². The zero-order valence-electron chi connectivity index (χ0n) is 15.3. The van der Waals surface area contributed by atoms with Crippen LogP contribution in [0.2, 0.25) is 5.02 Å². The molecule has 0 atom stereocenters. The van der Waals surface area contributed by atoms with Crippen LogP contribution in [0.25, 0.3) is 11.3 Å². The number of rotatable bonds is 5. The number of carbonyl (C=O) groups is 2. The van der Waals surface area contributed by atoms with Crippen LogP contribution >= 0.6 is 11.6 Å². The Kier molecular flexibility index (Phi) is 5.96. The van der Waals surface area contributed by atoms with Crippen LogP contribution in [0.3, 0.4) is 0 Å². The molecule has 142 valence electrons. The molecule has 28 heavy (non-hydrogen) atoms. The molecule has 0 spiro atoms. The maximum atomic E-state index is 12.3. The van der Waals surface area contributed by atoms with Crippen LogP contribution in [-0.2, 0) is 4.74 Å². The van der Waals surface area contributed by atoms with Crippen molar-refractivity contribution in [3.05, 3.63) is 70.8 Å². The van der Waals surface area contributed by atoms with Crippen molar-refractivity contribution in [1.82, 2.24) is 15.0 Å². The Morgan fingerprint density at radius 1 is 1.14 bits per heavy atom. The van der Waals surface area contributed by atoms with Gasteiger partial charge in [0.25, 0.3) is 5.91 Å². The highest BCUT2D eigenvalue weighted by Crippen LogP contribution is 2.27. The van der Waals surface area contributed by atoms with E-state index in [1.807, 2.05) is 0 Å². The molecule has 0 unspecified atom stereocenters. The molecule has 3 rings (SSSR count). The van der Waals surface area contributed by atoms with Gasteiger partial charge in [0.2, 0.25) is 0 Å². The van der Waals surface area contributed by atoms with Crippen molar-refractivity contribution >= 4 is 29.3 Å². The summed E-state index contributed by atoms with van der Waals surface area (Å²) in [6.45, 7) is 3.82. The first-order chi connectivity index (χ1) is 13.5. The molecule has 0 aliphatic carbocycles. The average molecular weight is 397 g/mol. The zero-order chi connectivity index (χ0) is 20.1. The topological polar surface area (TPSA) is 94.1 Å². The van der Waals surface area contributed by atoms with Crippen LogP contribution in [0.1, 0.15) is 33.2 Å². The molecule has 0 saturated carbocycles. The molecule has 8 heteroatoms. The lowest BCUT2D eigenvalue weighted by Crippen LogP contribution is -2.14. The fraction of sp³-hybridized carbons (Fsp3) is 0.150. The van der Waals surface area contributed by atoms with Crippen LogP contribution in [0.5, 0.6) is 0 Å². The fourth-order valence-electron chi connectivity index (χ4n) is 2.51. The largest absolute Gasteiger partial charge is 0.462 e. The third kappa shape index (κ3) is 4.32. The van der Waals surface area contributed by atoms with Crippen molar-refractivity contribution in [1.29, 1.82) is 0 Å². The Hall–Kier alpha value is -3.32. The van der Waals surface area contributed by atoms with Gasteiger partial charge in [0.1, 0.15) is 0 Å². The summed E-state index contributed by atoms with van der Waals surface area (Å²) >= 11 is 6.24. The van der Waals surface area contributed by atoms with Crippen molar-refractivity contribution < 1.29 is 14.3 Å². The molecule has 1 N–H and O–H groups in total. The quantitative estimate of drug-likeness (QED) is 0.656. The third-order valence-electron chi connectivity index (χ3n) is 3.91. The SMILES string of the molecule is CCOC(=O)c1ccc(Cl)c(-c2cnc(NC(=O)c3ccncc3C)cn2)c1. The highest BCUT2D eigenvalue weighted by Gasteiger charge is 2.14. The van der Waals surface area contributed by atoms with Gasteiger partial charge in [-0.1, -0.05) is 11.6 Å². The van der Waals surface area contributed by atoms with Crippen molar-refractivity contribution in [2.45, 2.75) is 13.8 Å². The van der Waals surface area contributed by atoms with Gasteiger partial charge in [-0.2, -0.15) is 0 Å². The van der Waals surface area contributed by atoms with Crippen LogP contribution in [0.15, 0.2) is 49.1 Å². The molecule has 1 aromatic carbocycles. The van der Waals surface area contributed by atoms with Gasteiger partial charge in [-0.15, -0.1) is 0 Å². The van der Waals surface area contributed by atoms with Crippen LogP contribution < -0.4 is 5.32 Å². The first-order valence-electron chi connectivity index (χ1n) is 8.50. The van der Waals surface area contributed by atoms with Crippen molar-refractivity contribution in [2.75, 3.05) is 11.9 Å². The number of amides is 1. The van der Waals surface area contributed by atoms with Gasteiger partial charge in [-0.3, -0.25) is 14.8 Å². The molecular formula is C20H17ClN4O3. The Morgan fingerprint density at radius 2 is 1.96 bits per heavy atom. The molecule has 1 amide bonds. The number of benzene rings is 1. The summed E-state index contributed by atoms with van der Waals surface area (Å²) in [6, 6.07) is 6.42. The van der Waals surface area contributed by atoms with Gasteiger partial charge in [-0.05, 0) is 43.7 Å².